The topological polar surface area (TPSA) is 15.3 Å². The Hall–Kier alpha value is -0.0800. The minimum absolute atomic E-state index is 0.810. The highest BCUT2D eigenvalue weighted by Gasteiger charge is 2.41. The normalized spacial score (nSPS) is 25.1. The van der Waals surface area contributed by atoms with Gasteiger partial charge in [-0.25, -0.2) is 0 Å². The average Bonchev–Trinajstić information content (AvgIpc) is 2.79. The molecule has 2 aliphatic rings. The highest BCUT2D eigenvalue weighted by atomic mass is 15.5. The second-order valence-corrected chi connectivity index (χ2v) is 4.22. The summed E-state index contributed by atoms with van der Waals surface area (Å²) in [6.07, 6.45) is 5.84. The predicted octanol–water partition coefficient (Wildman–Crippen LogP) is 1.24. The van der Waals surface area contributed by atoms with Gasteiger partial charge in [-0.15, -0.1) is 0 Å². The van der Waals surface area contributed by atoms with Crippen molar-refractivity contribution >= 4 is 0 Å². The van der Waals surface area contributed by atoms with Crippen molar-refractivity contribution in [1.82, 2.24) is 10.4 Å². The van der Waals surface area contributed by atoms with Crippen LogP contribution >= 0.6 is 0 Å². The van der Waals surface area contributed by atoms with Gasteiger partial charge < -0.3 is 0 Å². The van der Waals surface area contributed by atoms with E-state index in [0.29, 0.717) is 0 Å². The molecule has 64 valence electrons. The molecule has 0 atom stereocenters. The summed E-state index contributed by atoms with van der Waals surface area (Å²) in [5.41, 5.74) is 3.54. The molecule has 0 spiro atoms. The quantitative estimate of drug-likeness (QED) is 0.613. The van der Waals surface area contributed by atoms with Crippen LogP contribution in [0.5, 0.6) is 0 Å². The van der Waals surface area contributed by atoms with Crippen LogP contribution in [-0.4, -0.2) is 25.1 Å². The lowest BCUT2D eigenvalue weighted by Crippen LogP contribution is -2.42. The zero-order chi connectivity index (χ0) is 7.84. The Morgan fingerprint density at radius 1 is 1.09 bits per heavy atom. The molecule has 0 aromatic carbocycles. The van der Waals surface area contributed by atoms with Crippen molar-refractivity contribution in [3.05, 3.63) is 0 Å². The van der Waals surface area contributed by atoms with Gasteiger partial charge in [0.2, 0.25) is 0 Å². The molecule has 0 aromatic rings. The van der Waals surface area contributed by atoms with Crippen molar-refractivity contribution in [1.29, 1.82) is 0 Å². The van der Waals surface area contributed by atoms with Crippen molar-refractivity contribution in [2.24, 2.45) is 11.8 Å². The number of hydrogen-bond acceptors (Lipinski definition) is 2. The zero-order valence-electron chi connectivity index (χ0n) is 7.51. The lowest BCUT2D eigenvalue weighted by molar-refractivity contribution is 0.210. The maximum absolute atomic E-state index is 3.54. The second kappa shape index (κ2) is 2.76. The predicted molar refractivity (Wildman–Crippen MR) is 46.1 cm³/mol. The molecule has 0 radical (unpaired) electrons. The SMILES string of the molecule is CN(C)NC(C1CC1)C1CC1. The second-order valence-electron chi connectivity index (χ2n) is 4.22. The molecular weight excluding hydrogens is 136 g/mol. The van der Waals surface area contributed by atoms with Gasteiger partial charge >= 0.3 is 0 Å². The van der Waals surface area contributed by atoms with E-state index < -0.39 is 0 Å². The van der Waals surface area contributed by atoms with Crippen molar-refractivity contribution in [3.63, 3.8) is 0 Å². The molecule has 0 aromatic heterocycles. The molecule has 2 aliphatic carbocycles. The maximum atomic E-state index is 3.54. The molecule has 0 saturated heterocycles. The molecule has 0 unspecified atom stereocenters. The van der Waals surface area contributed by atoms with Gasteiger partial charge in [-0.1, -0.05) is 0 Å². The third-order valence-electron chi connectivity index (χ3n) is 2.67. The van der Waals surface area contributed by atoms with Gasteiger partial charge in [0.1, 0.15) is 0 Å². The summed E-state index contributed by atoms with van der Waals surface area (Å²) in [6, 6.07) is 0.810. The van der Waals surface area contributed by atoms with Gasteiger partial charge in [0.05, 0.1) is 0 Å². The first kappa shape index (κ1) is 7.56. The fourth-order valence-electron chi connectivity index (χ4n) is 1.80. The summed E-state index contributed by atoms with van der Waals surface area (Å²) in [5.74, 6) is 2.01. The molecule has 0 heterocycles. The Balaban J connectivity index is 1.82. The molecule has 2 rings (SSSR count). The highest BCUT2D eigenvalue weighted by molar-refractivity contribution is 4.95. The van der Waals surface area contributed by atoms with E-state index in [2.05, 4.69) is 24.5 Å². The van der Waals surface area contributed by atoms with Crippen molar-refractivity contribution < 1.29 is 0 Å². The van der Waals surface area contributed by atoms with Gasteiger partial charge in [-0.05, 0) is 37.5 Å². The first-order valence-electron chi connectivity index (χ1n) is 4.71. The van der Waals surface area contributed by atoms with Gasteiger partial charge in [-0.3, -0.25) is 10.4 Å². The smallest absolute Gasteiger partial charge is 0.0271 e. The number of nitrogens with one attached hydrogen (secondary N) is 1. The first-order valence-corrected chi connectivity index (χ1v) is 4.71. The van der Waals surface area contributed by atoms with E-state index in [4.69, 9.17) is 0 Å². The lowest BCUT2D eigenvalue weighted by Gasteiger charge is -2.22. The van der Waals surface area contributed by atoms with Crippen LogP contribution in [0.2, 0.25) is 0 Å². The van der Waals surface area contributed by atoms with Gasteiger partial charge in [0.15, 0.2) is 0 Å². The molecule has 2 heteroatoms. The Bertz CT molecular complexity index is 124. The van der Waals surface area contributed by atoms with E-state index in [-0.39, 0.29) is 0 Å². The molecule has 2 fully saturated rings. The molecule has 1 N–H and O–H groups in total. The van der Waals surface area contributed by atoms with Crippen LogP contribution in [0.4, 0.5) is 0 Å². The van der Waals surface area contributed by atoms with Crippen LogP contribution in [0, 0.1) is 11.8 Å². The minimum atomic E-state index is 0.810. The van der Waals surface area contributed by atoms with Crippen LogP contribution in [0.1, 0.15) is 25.7 Å². The van der Waals surface area contributed by atoms with E-state index >= 15 is 0 Å². The number of nitrogens with zero attached hydrogens (tertiary/aromatic N) is 1. The first-order chi connectivity index (χ1) is 5.27. The van der Waals surface area contributed by atoms with Crippen LogP contribution < -0.4 is 5.43 Å². The Morgan fingerprint density at radius 3 is 1.82 bits per heavy atom. The molecule has 2 saturated carbocycles. The third kappa shape index (κ3) is 1.94. The van der Waals surface area contributed by atoms with Crippen LogP contribution in [0.3, 0.4) is 0 Å². The number of hydrazine groups is 1. The standard InChI is InChI=1S/C9H18N2/c1-11(2)10-9(7-3-4-7)8-5-6-8/h7-10H,3-6H2,1-2H3. The van der Waals surface area contributed by atoms with E-state index in [1.165, 1.54) is 25.7 Å². The Labute approximate surface area is 68.9 Å². The number of hydrogen-bond donors (Lipinski definition) is 1. The number of rotatable bonds is 4. The molecular formula is C9H18N2. The average molecular weight is 154 g/mol. The zero-order valence-corrected chi connectivity index (χ0v) is 7.51. The summed E-state index contributed by atoms with van der Waals surface area (Å²) in [5, 5.41) is 2.11. The largest absolute Gasteiger partial charge is 0.252 e. The highest BCUT2D eigenvalue weighted by Crippen LogP contribution is 2.44. The Kier molecular flexibility index (Phi) is 1.90. The molecule has 0 amide bonds. The van der Waals surface area contributed by atoms with Gasteiger partial charge in [0.25, 0.3) is 0 Å². The fourth-order valence-corrected chi connectivity index (χ4v) is 1.80. The van der Waals surface area contributed by atoms with Crippen LogP contribution in [0.15, 0.2) is 0 Å². The van der Waals surface area contributed by atoms with Crippen LogP contribution in [0.25, 0.3) is 0 Å². The van der Waals surface area contributed by atoms with E-state index in [9.17, 15) is 0 Å². The maximum Gasteiger partial charge on any atom is 0.0271 e. The lowest BCUT2D eigenvalue weighted by atomic mass is 10.1. The van der Waals surface area contributed by atoms with Crippen molar-refractivity contribution in [2.45, 2.75) is 31.7 Å². The summed E-state index contributed by atoms with van der Waals surface area (Å²) in [6.45, 7) is 0. The molecule has 0 bridgehead atoms. The summed E-state index contributed by atoms with van der Waals surface area (Å²) < 4.78 is 0. The van der Waals surface area contributed by atoms with Crippen LogP contribution in [-0.2, 0) is 0 Å². The summed E-state index contributed by atoms with van der Waals surface area (Å²) >= 11 is 0. The third-order valence-corrected chi connectivity index (χ3v) is 2.67. The molecule has 2 nitrogen and oxygen atoms in total. The molecule has 0 aliphatic heterocycles. The van der Waals surface area contributed by atoms with E-state index in [1.54, 1.807) is 0 Å². The summed E-state index contributed by atoms with van der Waals surface area (Å²) in [7, 11) is 4.19. The Morgan fingerprint density at radius 2 is 1.55 bits per heavy atom. The monoisotopic (exact) mass is 154 g/mol. The summed E-state index contributed by atoms with van der Waals surface area (Å²) in [4.78, 5) is 0. The van der Waals surface area contributed by atoms with Crippen molar-refractivity contribution in [2.75, 3.05) is 14.1 Å². The van der Waals surface area contributed by atoms with Gasteiger partial charge in [-0.2, -0.15) is 0 Å². The van der Waals surface area contributed by atoms with Crippen molar-refractivity contribution in [3.8, 4) is 0 Å². The molecule has 11 heavy (non-hydrogen) atoms. The van der Waals surface area contributed by atoms with Gasteiger partial charge in [0, 0.05) is 20.1 Å². The van der Waals surface area contributed by atoms with E-state index in [1.807, 2.05) is 0 Å². The van der Waals surface area contributed by atoms with E-state index in [0.717, 1.165) is 17.9 Å². The fraction of sp³-hybridized carbons (Fsp3) is 1.00. The minimum Gasteiger partial charge on any atom is -0.252 e.